The van der Waals surface area contributed by atoms with E-state index in [4.69, 9.17) is 10.5 Å². The number of nitrogens with two attached hydrogens (primary N) is 1. The molecular formula is C12H17N3O2. The van der Waals surface area contributed by atoms with E-state index in [1.807, 2.05) is 0 Å². The average Bonchev–Trinajstić information content (AvgIpc) is 2.61. The first-order valence-corrected chi connectivity index (χ1v) is 5.75. The quantitative estimate of drug-likeness (QED) is 0.725. The zero-order chi connectivity index (χ0) is 12.1. The van der Waals surface area contributed by atoms with E-state index in [0.29, 0.717) is 18.8 Å². The first-order valence-electron chi connectivity index (χ1n) is 5.75. The van der Waals surface area contributed by atoms with E-state index in [1.165, 1.54) is 0 Å². The number of anilines is 2. The molecule has 0 atom stereocenters. The fraction of sp³-hybridized carbons (Fsp3) is 0.417. The van der Waals surface area contributed by atoms with Gasteiger partial charge in [-0.05, 0) is 30.7 Å². The van der Waals surface area contributed by atoms with Gasteiger partial charge in [0, 0.05) is 31.1 Å². The highest BCUT2D eigenvalue weighted by Gasteiger charge is 2.15. The number of ether oxygens (including phenoxy) is 1. The van der Waals surface area contributed by atoms with Gasteiger partial charge in [0.25, 0.3) is 0 Å². The Morgan fingerprint density at radius 2 is 2.00 bits per heavy atom. The van der Waals surface area contributed by atoms with Crippen LogP contribution in [0.2, 0.25) is 0 Å². The van der Waals surface area contributed by atoms with Gasteiger partial charge in [-0.15, -0.1) is 0 Å². The van der Waals surface area contributed by atoms with Crippen molar-refractivity contribution in [3.63, 3.8) is 0 Å². The SMILES string of the molecule is Nc1ccc(NC(=O)N2CCCOCC2)cc1. The number of urea groups is 1. The summed E-state index contributed by atoms with van der Waals surface area (Å²) < 4.78 is 5.30. The summed E-state index contributed by atoms with van der Waals surface area (Å²) in [6.07, 6.45) is 0.884. The molecule has 0 bridgehead atoms. The first kappa shape index (κ1) is 11.7. The third-order valence-electron chi connectivity index (χ3n) is 2.67. The zero-order valence-corrected chi connectivity index (χ0v) is 9.69. The Morgan fingerprint density at radius 3 is 2.76 bits per heavy atom. The highest BCUT2D eigenvalue weighted by atomic mass is 16.5. The summed E-state index contributed by atoms with van der Waals surface area (Å²) in [6, 6.07) is 7.03. The summed E-state index contributed by atoms with van der Waals surface area (Å²) in [5, 5.41) is 2.84. The van der Waals surface area contributed by atoms with Crippen molar-refractivity contribution < 1.29 is 9.53 Å². The molecule has 3 N–H and O–H groups in total. The number of nitrogens with zero attached hydrogens (tertiary/aromatic N) is 1. The molecule has 1 fully saturated rings. The number of rotatable bonds is 1. The molecule has 2 amide bonds. The van der Waals surface area contributed by atoms with Crippen molar-refractivity contribution in [3.8, 4) is 0 Å². The van der Waals surface area contributed by atoms with Crippen molar-refractivity contribution in [3.05, 3.63) is 24.3 Å². The Balaban J connectivity index is 1.93. The molecule has 1 aliphatic rings. The number of benzene rings is 1. The highest BCUT2D eigenvalue weighted by Crippen LogP contribution is 2.11. The van der Waals surface area contributed by atoms with Crippen LogP contribution in [0, 0.1) is 0 Å². The number of nitrogen functional groups attached to an aromatic ring is 1. The van der Waals surface area contributed by atoms with Gasteiger partial charge in [0.15, 0.2) is 0 Å². The number of nitrogens with one attached hydrogen (secondary N) is 1. The second-order valence-corrected chi connectivity index (χ2v) is 4.01. The summed E-state index contributed by atoms with van der Waals surface area (Å²) in [4.78, 5) is 13.7. The largest absolute Gasteiger partial charge is 0.399 e. The molecule has 1 saturated heterocycles. The van der Waals surface area contributed by atoms with E-state index in [-0.39, 0.29) is 6.03 Å². The molecule has 0 unspecified atom stereocenters. The van der Waals surface area contributed by atoms with Crippen LogP contribution in [0.1, 0.15) is 6.42 Å². The molecule has 5 heteroatoms. The van der Waals surface area contributed by atoms with Crippen LogP contribution in [0.15, 0.2) is 24.3 Å². The molecule has 1 heterocycles. The normalized spacial score (nSPS) is 16.4. The van der Waals surface area contributed by atoms with Crippen LogP contribution in [0.5, 0.6) is 0 Å². The molecule has 1 aromatic rings. The first-order chi connectivity index (χ1) is 8.25. The fourth-order valence-corrected chi connectivity index (χ4v) is 1.72. The summed E-state index contributed by atoms with van der Waals surface area (Å²) >= 11 is 0. The monoisotopic (exact) mass is 235 g/mol. The van der Waals surface area contributed by atoms with Crippen molar-refractivity contribution in [2.45, 2.75) is 6.42 Å². The van der Waals surface area contributed by atoms with Gasteiger partial charge in [0.2, 0.25) is 0 Å². The molecule has 0 spiro atoms. The van der Waals surface area contributed by atoms with Gasteiger partial charge < -0.3 is 20.7 Å². The fourth-order valence-electron chi connectivity index (χ4n) is 1.72. The van der Waals surface area contributed by atoms with Gasteiger partial charge in [0.05, 0.1) is 6.61 Å². The van der Waals surface area contributed by atoms with Gasteiger partial charge in [0.1, 0.15) is 0 Å². The number of carbonyl (C=O) groups excluding carboxylic acids is 1. The van der Waals surface area contributed by atoms with E-state index >= 15 is 0 Å². The van der Waals surface area contributed by atoms with E-state index < -0.39 is 0 Å². The number of carbonyl (C=O) groups is 1. The van der Waals surface area contributed by atoms with Crippen LogP contribution in [-0.2, 0) is 4.74 Å². The lowest BCUT2D eigenvalue weighted by Crippen LogP contribution is -2.36. The second-order valence-electron chi connectivity index (χ2n) is 4.01. The number of hydrogen-bond donors (Lipinski definition) is 2. The molecule has 1 aliphatic heterocycles. The Morgan fingerprint density at radius 1 is 1.24 bits per heavy atom. The summed E-state index contributed by atoms with van der Waals surface area (Å²) in [6.45, 7) is 2.71. The predicted molar refractivity (Wildman–Crippen MR) is 66.9 cm³/mol. The summed E-state index contributed by atoms with van der Waals surface area (Å²) in [5.41, 5.74) is 7.03. The third kappa shape index (κ3) is 3.35. The van der Waals surface area contributed by atoms with Crippen molar-refractivity contribution in [1.29, 1.82) is 0 Å². The van der Waals surface area contributed by atoms with Crippen LogP contribution in [0.25, 0.3) is 0 Å². The van der Waals surface area contributed by atoms with Crippen molar-refractivity contribution in [1.82, 2.24) is 4.90 Å². The lowest BCUT2D eigenvalue weighted by atomic mass is 10.3. The van der Waals surface area contributed by atoms with Crippen molar-refractivity contribution in [2.75, 3.05) is 37.4 Å². The Kier molecular flexibility index (Phi) is 3.82. The molecule has 17 heavy (non-hydrogen) atoms. The highest BCUT2D eigenvalue weighted by molar-refractivity contribution is 5.89. The molecule has 2 rings (SSSR count). The van der Waals surface area contributed by atoms with Crippen LogP contribution in [0.4, 0.5) is 16.2 Å². The van der Waals surface area contributed by atoms with Gasteiger partial charge in [-0.3, -0.25) is 0 Å². The van der Waals surface area contributed by atoms with Crippen LogP contribution >= 0.6 is 0 Å². The van der Waals surface area contributed by atoms with Gasteiger partial charge >= 0.3 is 6.03 Å². The van der Waals surface area contributed by atoms with Crippen molar-refractivity contribution in [2.24, 2.45) is 0 Å². The molecule has 0 aromatic heterocycles. The van der Waals surface area contributed by atoms with Gasteiger partial charge in [-0.2, -0.15) is 0 Å². The van der Waals surface area contributed by atoms with E-state index in [1.54, 1.807) is 29.2 Å². The standard InChI is InChI=1S/C12H17N3O2/c13-10-2-4-11(5-3-10)14-12(16)15-6-1-8-17-9-7-15/h2-5H,1,6-9,13H2,(H,14,16). The molecule has 92 valence electrons. The third-order valence-corrected chi connectivity index (χ3v) is 2.67. The lowest BCUT2D eigenvalue weighted by Gasteiger charge is -2.20. The molecule has 1 aromatic carbocycles. The Labute approximate surface area is 101 Å². The summed E-state index contributed by atoms with van der Waals surface area (Å²) in [7, 11) is 0. The Hall–Kier alpha value is -1.75. The van der Waals surface area contributed by atoms with E-state index in [0.717, 1.165) is 25.3 Å². The molecule has 0 aliphatic carbocycles. The molecule has 0 saturated carbocycles. The molecular weight excluding hydrogens is 218 g/mol. The lowest BCUT2D eigenvalue weighted by molar-refractivity contribution is 0.144. The number of hydrogen-bond acceptors (Lipinski definition) is 3. The van der Waals surface area contributed by atoms with Gasteiger partial charge in [-0.25, -0.2) is 4.79 Å². The smallest absolute Gasteiger partial charge is 0.321 e. The maximum Gasteiger partial charge on any atom is 0.321 e. The predicted octanol–water partition coefficient (Wildman–Crippen LogP) is 1.52. The van der Waals surface area contributed by atoms with Crippen LogP contribution in [-0.4, -0.2) is 37.2 Å². The number of amides is 2. The van der Waals surface area contributed by atoms with E-state index in [2.05, 4.69) is 5.32 Å². The zero-order valence-electron chi connectivity index (χ0n) is 9.69. The Bertz CT molecular complexity index is 370. The average molecular weight is 235 g/mol. The minimum Gasteiger partial charge on any atom is -0.399 e. The molecule has 0 radical (unpaired) electrons. The second kappa shape index (κ2) is 5.54. The topological polar surface area (TPSA) is 67.6 Å². The van der Waals surface area contributed by atoms with E-state index in [9.17, 15) is 4.79 Å². The summed E-state index contributed by atoms with van der Waals surface area (Å²) in [5.74, 6) is 0. The van der Waals surface area contributed by atoms with Crippen LogP contribution < -0.4 is 11.1 Å². The maximum atomic E-state index is 11.9. The molecule has 5 nitrogen and oxygen atoms in total. The minimum atomic E-state index is -0.0831. The minimum absolute atomic E-state index is 0.0831. The van der Waals surface area contributed by atoms with Crippen LogP contribution in [0.3, 0.4) is 0 Å². The van der Waals surface area contributed by atoms with Crippen molar-refractivity contribution >= 4 is 17.4 Å². The van der Waals surface area contributed by atoms with Gasteiger partial charge in [-0.1, -0.05) is 0 Å². The maximum absolute atomic E-state index is 11.9.